The van der Waals surface area contributed by atoms with Crippen LogP contribution in [0.5, 0.6) is 0 Å². The Balaban J connectivity index is 1.31. The quantitative estimate of drug-likeness (QED) is 0.503. The van der Waals surface area contributed by atoms with Gasteiger partial charge in [0.1, 0.15) is 0 Å². The Labute approximate surface area is 194 Å². The highest BCUT2D eigenvalue weighted by molar-refractivity contribution is 5.95. The maximum absolute atomic E-state index is 4.37. The summed E-state index contributed by atoms with van der Waals surface area (Å²) >= 11 is 0. The number of pyridine rings is 1. The van der Waals surface area contributed by atoms with Gasteiger partial charge in [0.15, 0.2) is 0 Å². The van der Waals surface area contributed by atoms with Crippen molar-refractivity contribution in [2.75, 3.05) is 14.1 Å². The predicted molar refractivity (Wildman–Crippen MR) is 134 cm³/mol. The first-order chi connectivity index (χ1) is 15.4. The van der Waals surface area contributed by atoms with Gasteiger partial charge in [0.05, 0.1) is 0 Å². The summed E-state index contributed by atoms with van der Waals surface area (Å²) in [4.78, 5) is 6.87. The van der Waals surface area contributed by atoms with Crippen molar-refractivity contribution in [2.24, 2.45) is 34.5 Å². The number of rotatable bonds is 2. The summed E-state index contributed by atoms with van der Waals surface area (Å²) in [5.41, 5.74) is 4.02. The summed E-state index contributed by atoms with van der Waals surface area (Å²) in [6.07, 6.45) is 17.9. The van der Waals surface area contributed by atoms with Crippen LogP contribution < -0.4 is 0 Å². The molecule has 0 N–H and O–H groups in total. The summed E-state index contributed by atoms with van der Waals surface area (Å²) in [5.74, 6) is 3.62. The number of benzene rings is 1. The molecule has 0 aliphatic heterocycles. The van der Waals surface area contributed by atoms with E-state index in [4.69, 9.17) is 0 Å². The molecule has 4 aliphatic rings. The summed E-state index contributed by atoms with van der Waals surface area (Å²) in [6.45, 7) is 5.31. The molecule has 0 saturated heterocycles. The minimum Gasteiger partial charge on any atom is -0.306 e. The van der Waals surface area contributed by atoms with Gasteiger partial charge in [-0.25, -0.2) is 0 Å². The average Bonchev–Trinajstić information content (AvgIpc) is 3.15. The van der Waals surface area contributed by atoms with E-state index in [-0.39, 0.29) is 0 Å². The fourth-order valence-electron chi connectivity index (χ4n) is 9.05. The number of allylic oxidation sites excluding steroid dienone is 2. The highest BCUT2D eigenvalue weighted by atomic mass is 15.1. The molecule has 0 bridgehead atoms. The van der Waals surface area contributed by atoms with Gasteiger partial charge >= 0.3 is 0 Å². The fourth-order valence-corrected chi connectivity index (χ4v) is 9.05. The average molecular weight is 429 g/mol. The second kappa shape index (κ2) is 7.42. The highest BCUT2D eigenvalue weighted by Crippen LogP contribution is 2.67. The van der Waals surface area contributed by atoms with Gasteiger partial charge in [0, 0.05) is 23.8 Å². The monoisotopic (exact) mass is 428 g/mol. The van der Waals surface area contributed by atoms with Gasteiger partial charge in [-0.3, -0.25) is 4.98 Å². The molecule has 3 fully saturated rings. The van der Waals surface area contributed by atoms with Crippen molar-refractivity contribution in [2.45, 2.75) is 71.3 Å². The van der Waals surface area contributed by atoms with E-state index in [0.29, 0.717) is 10.8 Å². The molecular formula is C30H40N2. The van der Waals surface area contributed by atoms with Crippen LogP contribution in [0, 0.1) is 34.5 Å². The number of hydrogen-bond acceptors (Lipinski definition) is 2. The molecule has 2 aromatic rings. The third-order valence-corrected chi connectivity index (χ3v) is 10.9. The molecule has 2 heteroatoms. The van der Waals surface area contributed by atoms with Crippen molar-refractivity contribution in [1.29, 1.82) is 0 Å². The van der Waals surface area contributed by atoms with Crippen LogP contribution in [0.3, 0.4) is 0 Å². The van der Waals surface area contributed by atoms with Crippen LogP contribution in [-0.4, -0.2) is 30.0 Å². The predicted octanol–water partition coefficient (Wildman–Crippen LogP) is 7.20. The van der Waals surface area contributed by atoms with Gasteiger partial charge in [0.25, 0.3) is 0 Å². The third kappa shape index (κ3) is 2.91. The molecule has 1 heterocycles. The molecule has 0 unspecified atom stereocenters. The number of fused-ring (bicyclic) bond motifs is 6. The van der Waals surface area contributed by atoms with Gasteiger partial charge in [-0.1, -0.05) is 38.1 Å². The Kier molecular flexibility index (Phi) is 4.85. The summed E-state index contributed by atoms with van der Waals surface area (Å²) < 4.78 is 0. The van der Waals surface area contributed by atoms with Crippen LogP contribution in [0.4, 0.5) is 0 Å². The number of nitrogens with zero attached hydrogens (tertiary/aromatic N) is 2. The zero-order chi connectivity index (χ0) is 22.1. The van der Waals surface area contributed by atoms with Crippen molar-refractivity contribution in [1.82, 2.24) is 9.88 Å². The van der Waals surface area contributed by atoms with Gasteiger partial charge in [-0.15, -0.1) is 0 Å². The molecule has 170 valence electrons. The van der Waals surface area contributed by atoms with Gasteiger partial charge in [0.2, 0.25) is 0 Å². The van der Waals surface area contributed by atoms with E-state index in [9.17, 15) is 0 Å². The lowest BCUT2D eigenvalue weighted by Crippen LogP contribution is -2.54. The smallest absolute Gasteiger partial charge is 0.0346 e. The molecule has 2 nitrogen and oxygen atoms in total. The molecule has 1 aromatic carbocycles. The lowest BCUT2D eigenvalue weighted by Gasteiger charge is -2.61. The van der Waals surface area contributed by atoms with Crippen molar-refractivity contribution in [3.05, 3.63) is 48.3 Å². The van der Waals surface area contributed by atoms with E-state index < -0.39 is 0 Å². The molecule has 4 aliphatic carbocycles. The lowest BCUT2D eigenvalue weighted by molar-refractivity contribution is -0.106. The van der Waals surface area contributed by atoms with E-state index in [1.807, 2.05) is 12.4 Å². The molecule has 32 heavy (non-hydrogen) atoms. The Morgan fingerprint density at radius 1 is 0.969 bits per heavy atom. The zero-order valence-corrected chi connectivity index (χ0v) is 20.5. The van der Waals surface area contributed by atoms with Crippen LogP contribution in [-0.2, 0) is 0 Å². The minimum absolute atomic E-state index is 0.336. The van der Waals surface area contributed by atoms with Crippen molar-refractivity contribution in [3.8, 4) is 0 Å². The van der Waals surface area contributed by atoms with Crippen molar-refractivity contribution < 1.29 is 0 Å². The number of hydrogen-bond donors (Lipinski definition) is 0. The first-order valence-electron chi connectivity index (χ1n) is 13.1. The van der Waals surface area contributed by atoms with Crippen LogP contribution in [0.25, 0.3) is 16.3 Å². The van der Waals surface area contributed by atoms with E-state index in [1.54, 1.807) is 5.57 Å². The maximum Gasteiger partial charge on any atom is 0.0346 e. The molecule has 6 rings (SSSR count). The van der Waals surface area contributed by atoms with E-state index in [0.717, 1.165) is 29.7 Å². The van der Waals surface area contributed by atoms with Crippen LogP contribution in [0.15, 0.2) is 42.7 Å². The van der Waals surface area contributed by atoms with Crippen molar-refractivity contribution in [3.63, 3.8) is 0 Å². The second-order valence-corrected chi connectivity index (χ2v) is 12.3. The normalized spacial score (nSPS) is 41.2. The van der Waals surface area contributed by atoms with Gasteiger partial charge in [-0.05, 0) is 123 Å². The highest BCUT2D eigenvalue weighted by Gasteiger charge is 2.58. The summed E-state index contributed by atoms with van der Waals surface area (Å²) in [5, 5.41) is 2.66. The molecule has 0 spiro atoms. The first kappa shape index (κ1) is 20.9. The van der Waals surface area contributed by atoms with Crippen LogP contribution >= 0.6 is 0 Å². The van der Waals surface area contributed by atoms with E-state index >= 15 is 0 Å². The molecular weight excluding hydrogens is 388 g/mol. The topological polar surface area (TPSA) is 16.1 Å². The van der Waals surface area contributed by atoms with E-state index in [2.05, 4.69) is 68.2 Å². The maximum atomic E-state index is 4.37. The van der Waals surface area contributed by atoms with Crippen molar-refractivity contribution >= 4 is 16.3 Å². The molecule has 0 amide bonds. The fraction of sp³-hybridized carbons (Fsp3) is 0.633. The Morgan fingerprint density at radius 3 is 2.69 bits per heavy atom. The minimum atomic E-state index is 0.336. The van der Waals surface area contributed by atoms with Crippen LogP contribution in [0.1, 0.15) is 70.8 Å². The Bertz CT molecular complexity index is 1050. The zero-order valence-electron chi connectivity index (χ0n) is 20.5. The second-order valence-electron chi connectivity index (χ2n) is 12.3. The summed E-state index contributed by atoms with van der Waals surface area (Å²) in [7, 11) is 4.58. The van der Waals surface area contributed by atoms with Gasteiger partial charge < -0.3 is 4.90 Å². The SMILES string of the molecule is CN(C)[C@H]1CC[C@@]2(C)[C@@H](CC[C@@H]3[C@@H]2CC[C@]2(C)C(c4cccc5cnccc45)=CC[C@@H]32)C1. The molecule has 1 aromatic heterocycles. The van der Waals surface area contributed by atoms with Gasteiger partial charge in [-0.2, -0.15) is 0 Å². The lowest BCUT2D eigenvalue weighted by atomic mass is 9.44. The largest absolute Gasteiger partial charge is 0.306 e. The summed E-state index contributed by atoms with van der Waals surface area (Å²) in [6, 6.07) is 9.85. The number of aromatic nitrogens is 1. The standard InChI is InChI=1S/C30H40N2/c1-29-15-12-22(32(3)4)18-21(29)8-9-25-27-11-10-26(30(27,2)16-13-28(25)29)24-7-5-6-20-19-31-17-14-23(20)24/h5-7,10,14,17,19,21-22,25,27-28H,8-9,11-13,15-16,18H2,1-4H3/t21-,22-,25-,27-,28-,29-,30+/m0/s1. The molecule has 3 saturated carbocycles. The van der Waals surface area contributed by atoms with E-state index in [1.165, 1.54) is 67.7 Å². The van der Waals surface area contributed by atoms with Crippen LogP contribution in [0.2, 0.25) is 0 Å². The first-order valence-corrected chi connectivity index (χ1v) is 13.1. The third-order valence-electron chi connectivity index (χ3n) is 10.9. The Morgan fingerprint density at radius 2 is 1.84 bits per heavy atom. The Hall–Kier alpha value is -1.67. The molecule has 0 radical (unpaired) electrons. The molecule has 7 atom stereocenters.